The standard InChI is InChI=1S/C16H27NO/c1-6-13-9-11-14(12-10-13)15(17-4)16(7-2,8-3)18-5/h9-12,15,17H,6-8H2,1-5H3. The van der Waals surface area contributed by atoms with Gasteiger partial charge in [-0.1, -0.05) is 45.0 Å². The fourth-order valence-electron chi connectivity index (χ4n) is 2.74. The summed E-state index contributed by atoms with van der Waals surface area (Å²) in [6, 6.07) is 9.11. The molecule has 0 amide bonds. The largest absolute Gasteiger partial charge is 0.376 e. The molecule has 102 valence electrons. The van der Waals surface area contributed by atoms with Crippen molar-refractivity contribution >= 4 is 0 Å². The Morgan fingerprint density at radius 2 is 1.67 bits per heavy atom. The Morgan fingerprint density at radius 1 is 1.11 bits per heavy atom. The SMILES string of the molecule is CCc1ccc(C(NC)C(CC)(CC)OC)cc1. The Morgan fingerprint density at radius 3 is 2.00 bits per heavy atom. The molecule has 1 rings (SSSR count). The first-order valence-corrected chi connectivity index (χ1v) is 6.98. The van der Waals surface area contributed by atoms with E-state index in [2.05, 4.69) is 50.4 Å². The van der Waals surface area contributed by atoms with Crippen molar-refractivity contribution in [3.8, 4) is 0 Å². The second kappa shape index (κ2) is 6.91. The second-order valence-electron chi connectivity index (χ2n) is 4.79. The van der Waals surface area contributed by atoms with E-state index in [0.29, 0.717) is 0 Å². The Labute approximate surface area is 112 Å². The number of likely N-dealkylation sites (N-methyl/N-ethyl adjacent to an activating group) is 1. The lowest BCUT2D eigenvalue weighted by atomic mass is 9.83. The predicted octanol–water partition coefficient (Wildman–Crippen LogP) is 3.71. The Balaban J connectivity index is 3.06. The van der Waals surface area contributed by atoms with Gasteiger partial charge >= 0.3 is 0 Å². The van der Waals surface area contributed by atoms with Crippen LogP contribution in [0.3, 0.4) is 0 Å². The molecule has 0 aliphatic heterocycles. The van der Waals surface area contributed by atoms with E-state index in [1.807, 2.05) is 14.2 Å². The van der Waals surface area contributed by atoms with Gasteiger partial charge in [0.2, 0.25) is 0 Å². The van der Waals surface area contributed by atoms with Gasteiger partial charge < -0.3 is 10.1 Å². The van der Waals surface area contributed by atoms with E-state index in [1.165, 1.54) is 11.1 Å². The highest BCUT2D eigenvalue weighted by atomic mass is 16.5. The molecule has 0 spiro atoms. The molecule has 0 aliphatic rings. The summed E-state index contributed by atoms with van der Waals surface area (Å²) in [5.74, 6) is 0. The fourth-order valence-corrected chi connectivity index (χ4v) is 2.74. The summed E-state index contributed by atoms with van der Waals surface area (Å²) in [6.07, 6.45) is 3.09. The molecule has 1 atom stereocenters. The third kappa shape index (κ3) is 2.93. The molecule has 2 nitrogen and oxygen atoms in total. The molecule has 0 fully saturated rings. The Kier molecular flexibility index (Phi) is 5.83. The summed E-state index contributed by atoms with van der Waals surface area (Å²) in [6.45, 7) is 6.57. The maximum Gasteiger partial charge on any atom is 0.0867 e. The molecule has 1 aromatic carbocycles. The van der Waals surface area contributed by atoms with Crippen molar-refractivity contribution in [3.63, 3.8) is 0 Å². The summed E-state index contributed by atoms with van der Waals surface area (Å²) in [5, 5.41) is 3.42. The molecule has 1 unspecified atom stereocenters. The predicted molar refractivity (Wildman–Crippen MR) is 77.9 cm³/mol. The molecule has 0 saturated heterocycles. The molecule has 1 N–H and O–H groups in total. The first-order chi connectivity index (χ1) is 8.67. The molecule has 0 bridgehead atoms. The average molecular weight is 249 g/mol. The van der Waals surface area contributed by atoms with Crippen LogP contribution in [0.4, 0.5) is 0 Å². The molecule has 1 aromatic rings. The van der Waals surface area contributed by atoms with E-state index in [4.69, 9.17) is 4.74 Å². The minimum Gasteiger partial charge on any atom is -0.376 e. The lowest BCUT2D eigenvalue weighted by Crippen LogP contribution is -2.43. The van der Waals surface area contributed by atoms with Gasteiger partial charge in [0, 0.05) is 7.11 Å². The van der Waals surface area contributed by atoms with Crippen molar-refractivity contribution < 1.29 is 4.74 Å². The molecule has 0 radical (unpaired) electrons. The third-order valence-corrected chi connectivity index (χ3v) is 4.14. The smallest absolute Gasteiger partial charge is 0.0867 e. The van der Waals surface area contributed by atoms with Gasteiger partial charge in [-0.05, 0) is 37.4 Å². The van der Waals surface area contributed by atoms with Gasteiger partial charge in [-0.2, -0.15) is 0 Å². The van der Waals surface area contributed by atoms with Crippen LogP contribution in [0.5, 0.6) is 0 Å². The number of ether oxygens (including phenoxy) is 1. The first-order valence-electron chi connectivity index (χ1n) is 6.98. The molecule has 0 aliphatic carbocycles. The van der Waals surface area contributed by atoms with E-state index in [1.54, 1.807) is 0 Å². The number of hydrogen-bond acceptors (Lipinski definition) is 2. The van der Waals surface area contributed by atoms with Crippen molar-refractivity contribution in [1.82, 2.24) is 5.32 Å². The molecular weight excluding hydrogens is 222 g/mol. The zero-order valence-corrected chi connectivity index (χ0v) is 12.4. The van der Waals surface area contributed by atoms with Gasteiger partial charge in [-0.3, -0.25) is 0 Å². The lowest BCUT2D eigenvalue weighted by Gasteiger charge is -2.38. The van der Waals surface area contributed by atoms with Crippen molar-refractivity contribution in [2.45, 2.75) is 51.7 Å². The van der Waals surface area contributed by atoms with E-state index in [-0.39, 0.29) is 11.6 Å². The van der Waals surface area contributed by atoms with Gasteiger partial charge in [0.05, 0.1) is 11.6 Å². The van der Waals surface area contributed by atoms with E-state index >= 15 is 0 Å². The summed E-state index contributed by atoms with van der Waals surface area (Å²) < 4.78 is 5.84. The van der Waals surface area contributed by atoms with Gasteiger partial charge in [0.25, 0.3) is 0 Å². The number of hydrogen-bond donors (Lipinski definition) is 1. The molecule has 0 heterocycles. The van der Waals surface area contributed by atoms with Crippen molar-refractivity contribution in [3.05, 3.63) is 35.4 Å². The van der Waals surface area contributed by atoms with Crippen LogP contribution < -0.4 is 5.32 Å². The first kappa shape index (κ1) is 15.2. The molecule has 0 saturated carbocycles. The van der Waals surface area contributed by atoms with Crippen LogP contribution in [-0.2, 0) is 11.2 Å². The maximum atomic E-state index is 5.84. The van der Waals surface area contributed by atoms with Crippen LogP contribution in [0, 0.1) is 0 Å². The summed E-state index contributed by atoms with van der Waals surface area (Å²) in [7, 11) is 3.83. The highest BCUT2D eigenvalue weighted by Gasteiger charge is 2.35. The zero-order chi connectivity index (χ0) is 13.6. The van der Waals surface area contributed by atoms with Gasteiger partial charge in [0.15, 0.2) is 0 Å². The van der Waals surface area contributed by atoms with Crippen LogP contribution in [0.1, 0.15) is 50.8 Å². The van der Waals surface area contributed by atoms with E-state index < -0.39 is 0 Å². The van der Waals surface area contributed by atoms with Crippen LogP contribution in [0.2, 0.25) is 0 Å². The summed E-state index contributed by atoms with van der Waals surface area (Å²) in [4.78, 5) is 0. The molecule has 18 heavy (non-hydrogen) atoms. The highest BCUT2D eigenvalue weighted by molar-refractivity contribution is 5.27. The highest BCUT2D eigenvalue weighted by Crippen LogP contribution is 2.34. The molecule has 2 heteroatoms. The minimum atomic E-state index is -0.123. The maximum absolute atomic E-state index is 5.84. The van der Waals surface area contributed by atoms with Gasteiger partial charge in [-0.15, -0.1) is 0 Å². The van der Waals surface area contributed by atoms with E-state index in [9.17, 15) is 0 Å². The number of benzene rings is 1. The van der Waals surface area contributed by atoms with Crippen LogP contribution in [0.25, 0.3) is 0 Å². The fraction of sp³-hybridized carbons (Fsp3) is 0.625. The molecular formula is C16H27NO. The lowest BCUT2D eigenvalue weighted by molar-refractivity contribution is -0.0467. The Bertz CT molecular complexity index is 332. The number of rotatable bonds is 7. The average Bonchev–Trinajstić information content (AvgIpc) is 2.45. The van der Waals surface area contributed by atoms with Crippen LogP contribution in [-0.4, -0.2) is 19.8 Å². The molecule has 0 aromatic heterocycles. The van der Waals surface area contributed by atoms with Gasteiger partial charge in [0.1, 0.15) is 0 Å². The van der Waals surface area contributed by atoms with Crippen LogP contribution >= 0.6 is 0 Å². The summed E-state index contributed by atoms with van der Waals surface area (Å²) >= 11 is 0. The quantitative estimate of drug-likeness (QED) is 0.795. The minimum absolute atomic E-state index is 0.123. The van der Waals surface area contributed by atoms with Crippen LogP contribution in [0.15, 0.2) is 24.3 Å². The number of nitrogens with one attached hydrogen (secondary N) is 1. The van der Waals surface area contributed by atoms with Crippen molar-refractivity contribution in [1.29, 1.82) is 0 Å². The zero-order valence-electron chi connectivity index (χ0n) is 12.4. The van der Waals surface area contributed by atoms with E-state index in [0.717, 1.165) is 19.3 Å². The van der Waals surface area contributed by atoms with Crippen molar-refractivity contribution in [2.24, 2.45) is 0 Å². The van der Waals surface area contributed by atoms with Crippen molar-refractivity contribution in [2.75, 3.05) is 14.2 Å². The number of aryl methyl sites for hydroxylation is 1. The van der Waals surface area contributed by atoms with Gasteiger partial charge in [-0.25, -0.2) is 0 Å². The monoisotopic (exact) mass is 249 g/mol. The third-order valence-electron chi connectivity index (χ3n) is 4.14. The topological polar surface area (TPSA) is 21.3 Å². The Hall–Kier alpha value is -0.860. The summed E-state index contributed by atoms with van der Waals surface area (Å²) in [5.41, 5.74) is 2.56. The second-order valence-corrected chi connectivity index (χ2v) is 4.79. The number of methoxy groups -OCH3 is 1. The normalized spacial score (nSPS) is 13.6.